The van der Waals surface area contributed by atoms with Crippen LogP contribution in [0.4, 0.5) is 5.69 Å². The molecule has 2 heterocycles. The SMILES string of the molecule is C#CCOc1cc(-n2nc3n(c2=O)CCCC3)c(Cl)cc1Cl.COC(=O)c1cc(Oc2ccc(Cl)cc2Cl)ccc1[N+](=O)[O-]. The van der Waals surface area contributed by atoms with Gasteiger partial charge in [0.1, 0.15) is 35.2 Å². The Morgan fingerprint density at radius 3 is 2.45 bits per heavy atom. The zero-order valence-electron chi connectivity index (χ0n) is 22.9. The summed E-state index contributed by atoms with van der Waals surface area (Å²) in [6.07, 6.45) is 7.97. The third-order valence-corrected chi connectivity index (χ3v) is 7.33. The fraction of sp³-hybridized carbons (Fsp3) is 0.207. The van der Waals surface area contributed by atoms with Gasteiger partial charge in [-0.3, -0.25) is 14.7 Å². The van der Waals surface area contributed by atoms with Gasteiger partial charge in [0, 0.05) is 36.2 Å². The largest absolute Gasteiger partial charge is 0.479 e. The van der Waals surface area contributed by atoms with E-state index < -0.39 is 10.9 Å². The van der Waals surface area contributed by atoms with Crippen LogP contribution in [0.3, 0.4) is 0 Å². The molecule has 0 radical (unpaired) electrons. The van der Waals surface area contributed by atoms with Crippen LogP contribution in [0.2, 0.25) is 20.1 Å². The highest BCUT2D eigenvalue weighted by molar-refractivity contribution is 6.36. The Morgan fingerprint density at radius 1 is 1.05 bits per heavy atom. The molecule has 0 saturated carbocycles. The van der Waals surface area contributed by atoms with Crippen molar-refractivity contribution in [2.24, 2.45) is 0 Å². The summed E-state index contributed by atoms with van der Waals surface area (Å²) in [5, 5.41) is 16.7. The highest BCUT2D eigenvalue weighted by atomic mass is 35.5. The number of hydrogen-bond donors (Lipinski definition) is 0. The molecule has 44 heavy (non-hydrogen) atoms. The normalized spacial score (nSPS) is 11.8. The number of halogens is 4. The van der Waals surface area contributed by atoms with Crippen LogP contribution in [0.1, 0.15) is 29.0 Å². The Kier molecular flexibility index (Phi) is 10.8. The number of fused-ring (bicyclic) bond motifs is 1. The van der Waals surface area contributed by atoms with Crippen molar-refractivity contribution in [2.75, 3.05) is 13.7 Å². The van der Waals surface area contributed by atoms with Crippen molar-refractivity contribution in [3.63, 3.8) is 0 Å². The first-order chi connectivity index (χ1) is 21.0. The zero-order valence-corrected chi connectivity index (χ0v) is 25.9. The molecule has 0 aliphatic carbocycles. The monoisotopic (exact) mass is 678 g/mol. The Hall–Kier alpha value is -4.21. The number of carbonyl (C=O) groups is 1. The van der Waals surface area contributed by atoms with E-state index in [0.29, 0.717) is 38.8 Å². The number of hydrogen-bond acceptors (Lipinski definition) is 8. The molecule has 0 fully saturated rings. The summed E-state index contributed by atoms with van der Waals surface area (Å²) in [5.41, 5.74) is -0.358. The van der Waals surface area contributed by atoms with Gasteiger partial charge in [0.15, 0.2) is 0 Å². The first kappa shape index (κ1) is 32.7. The Bertz CT molecular complexity index is 1830. The molecule has 5 rings (SSSR count). The fourth-order valence-corrected chi connectivity index (χ4v) is 5.13. The van der Waals surface area contributed by atoms with E-state index in [1.54, 1.807) is 22.8 Å². The highest BCUT2D eigenvalue weighted by Gasteiger charge is 2.23. The number of benzene rings is 3. The molecule has 0 N–H and O–H groups in total. The van der Waals surface area contributed by atoms with Crippen LogP contribution < -0.4 is 15.2 Å². The van der Waals surface area contributed by atoms with E-state index in [1.165, 1.54) is 28.9 Å². The number of aryl methyl sites for hydroxylation is 1. The smallest absolute Gasteiger partial charge is 0.350 e. The summed E-state index contributed by atoms with van der Waals surface area (Å²) in [7, 11) is 1.13. The van der Waals surface area contributed by atoms with Crippen LogP contribution in [-0.2, 0) is 17.7 Å². The van der Waals surface area contributed by atoms with Gasteiger partial charge in [-0.05, 0) is 43.2 Å². The summed E-state index contributed by atoms with van der Waals surface area (Å²) in [5.74, 6) is 3.18. The topological polar surface area (TPSA) is 128 Å². The molecular weight excluding hydrogens is 658 g/mol. The fourth-order valence-electron chi connectivity index (χ4n) is 4.16. The second-order valence-corrected chi connectivity index (χ2v) is 10.7. The number of terminal acetylenes is 1. The van der Waals surface area contributed by atoms with Crippen LogP contribution in [0, 0.1) is 22.5 Å². The van der Waals surface area contributed by atoms with Gasteiger partial charge in [0.25, 0.3) is 5.69 Å². The van der Waals surface area contributed by atoms with Crippen LogP contribution in [0.25, 0.3) is 5.69 Å². The summed E-state index contributed by atoms with van der Waals surface area (Å²) in [6, 6.07) is 11.5. The Morgan fingerprint density at radius 2 is 1.80 bits per heavy atom. The highest BCUT2D eigenvalue weighted by Crippen LogP contribution is 2.34. The first-order valence-corrected chi connectivity index (χ1v) is 14.3. The molecule has 228 valence electrons. The number of aromatic nitrogens is 3. The molecule has 4 aromatic rings. The predicted molar refractivity (Wildman–Crippen MR) is 166 cm³/mol. The minimum atomic E-state index is -0.834. The molecule has 11 nitrogen and oxygen atoms in total. The average molecular weight is 680 g/mol. The van der Waals surface area contributed by atoms with Crippen LogP contribution >= 0.6 is 46.4 Å². The van der Waals surface area contributed by atoms with Crippen molar-refractivity contribution in [3.8, 4) is 35.3 Å². The summed E-state index contributed by atoms with van der Waals surface area (Å²) < 4.78 is 18.4. The zero-order chi connectivity index (χ0) is 32.0. The third-order valence-electron chi connectivity index (χ3n) is 6.20. The number of methoxy groups -OCH3 is 1. The van der Waals surface area contributed by atoms with Crippen molar-refractivity contribution in [2.45, 2.75) is 25.8 Å². The number of nitrogens with zero attached hydrogens (tertiary/aromatic N) is 4. The second-order valence-electron chi connectivity index (χ2n) is 9.05. The minimum Gasteiger partial charge on any atom is -0.479 e. The van der Waals surface area contributed by atoms with E-state index in [-0.39, 0.29) is 34.3 Å². The van der Waals surface area contributed by atoms with Crippen molar-refractivity contribution in [3.05, 3.63) is 101 Å². The van der Waals surface area contributed by atoms with Gasteiger partial charge in [-0.25, -0.2) is 9.59 Å². The maximum Gasteiger partial charge on any atom is 0.350 e. The van der Waals surface area contributed by atoms with Crippen LogP contribution in [0.15, 0.2) is 53.3 Å². The molecule has 3 aromatic carbocycles. The number of esters is 1. The van der Waals surface area contributed by atoms with Gasteiger partial charge in [-0.15, -0.1) is 11.5 Å². The Balaban J connectivity index is 0.000000201. The molecule has 1 aliphatic heterocycles. The Labute approximate surface area is 270 Å². The molecule has 15 heteroatoms. The maximum absolute atomic E-state index is 12.5. The molecule has 0 atom stereocenters. The average Bonchev–Trinajstić information content (AvgIpc) is 3.34. The van der Waals surface area contributed by atoms with Crippen molar-refractivity contribution >= 4 is 58.1 Å². The van der Waals surface area contributed by atoms with Gasteiger partial charge in [-0.2, -0.15) is 4.68 Å². The van der Waals surface area contributed by atoms with Crippen molar-refractivity contribution in [1.82, 2.24) is 14.3 Å². The number of nitro benzene ring substituents is 1. The van der Waals surface area contributed by atoms with Gasteiger partial charge < -0.3 is 14.2 Å². The summed E-state index contributed by atoms with van der Waals surface area (Å²) in [6.45, 7) is 0.759. The van der Waals surface area contributed by atoms with Crippen LogP contribution in [-0.4, -0.2) is 39.0 Å². The standard InChI is InChI=1S/C15H13Cl2N3O2.C14H9Cl2NO5/c1-2-7-22-13-9-12(10(16)8-11(13)17)20-15(21)19-6-4-3-5-14(19)18-20;1-21-14(18)10-7-9(3-4-12(10)17(19)20)22-13-5-2-8(15)6-11(13)16/h1,8-9H,3-7H2;2-7H,1H3. The van der Waals surface area contributed by atoms with E-state index in [4.69, 9.17) is 62.3 Å². The van der Waals surface area contributed by atoms with E-state index >= 15 is 0 Å². The summed E-state index contributed by atoms with van der Waals surface area (Å²) >= 11 is 24.1. The lowest BCUT2D eigenvalue weighted by Gasteiger charge is -2.09. The van der Waals surface area contributed by atoms with E-state index in [0.717, 1.165) is 38.3 Å². The van der Waals surface area contributed by atoms with Gasteiger partial charge in [-0.1, -0.05) is 52.3 Å². The molecule has 0 amide bonds. The molecule has 0 bridgehead atoms. The molecule has 1 aliphatic rings. The van der Waals surface area contributed by atoms with Gasteiger partial charge >= 0.3 is 11.7 Å². The van der Waals surface area contributed by atoms with Gasteiger partial charge in [0.2, 0.25) is 0 Å². The van der Waals surface area contributed by atoms with E-state index in [2.05, 4.69) is 15.8 Å². The number of ether oxygens (including phenoxy) is 3. The minimum absolute atomic E-state index is 0.0788. The third kappa shape index (κ3) is 7.46. The maximum atomic E-state index is 12.5. The molecular formula is C29H22Cl4N4O7. The number of carbonyl (C=O) groups excluding carboxylic acids is 1. The number of rotatable bonds is 7. The number of nitro groups is 1. The van der Waals surface area contributed by atoms with Crippen LogP contribution in [0.5, 0.6) is 17.2 Å². The first-order valence-electron chi connectivity index (χ1n) is 12.8. The van der Waals surface area contributed by atoms with Crippen molar-refractivity contribution < 1.29 is 23.9 Å². The second kappa shape index (κ2) is 14.5. The summed E-state index contributed by atoms with van der Waals surface area (Å²) in [4.78, 5) is 34.4. The molecule has 1 aromatic heterocycles. The molecule has 0 saturated heterocycles. The molecule has 0 unspecified atom stereocenters. The lowest BCUT2D eigenvalue weighted by Crippen LogP contribution is -2.26. The lowest BCUT2D eigenvalue weighted by atomic mass is 10.1. The lowest BCUT2D eigenvalue weighted by molar-refractivity contribution is -0.385. The van der Waals surface area contributed by atoms with E-state index in [9.17, 15) is 19.7 Å². The molecule has 0 spiro atoms. The van der Waals surface area contributed by atoms with E-state index in [1.807, 2.05) is 0 Å². The quantitative estimate of drug-likeness (QED) is 0.0871. The predicted octanol–water partition coefficient (Wildman–Crippen LogP) is 7.17. The van der Waals surface area contributed by atoms with Gasteiger partial charge in [0.05, 0.1) is 32.8 Å². The van der Waals surface area contributed by atoms with Crippen molar-refractivity contribution in [1.29, 1.82) is 0 Å².